The fourth-order valence-electron chi connectivity index (χ4n) is 4.62. The topological polar surface area (TPSA) is 92.8 Å². The number of pyridine rings is 1. The Kier molecular flexibility index (Phi) is 5.61. The monoisotopic (exact) mass is 432 g/mol. The second kappa shape index (κ2) is 8.70. The van der Waals surface area contributed by atoms with E-state index in [9.17, 15) is 4.79 Å². The Morgan fingerprint density at radius 2 is 1.88 bits per heavy atom. The number of aromatic nitrogens is 5. The molecule has 166 valence electrons. The smallest absolute Gasteiger partial charge is 0.253 e. The summed E-state index contributed by atoms with van der Waals surface area (Å²) in [6.07, 6.45) is 6.24. The maximum absolute atomic E-state index is 13.3. The number of rotatable bonds is 5. The van der Waals surface area contributed by atoms with Crippen molar-refractivity contribution in [3.8, 4) is 0 Å². The van der Waals surface area contributed by atoms with Crippen LogP contribution in [0.3, 0.4) is 0 Å². The van der Waals surface area contributed by atoms with Crippen LogP contribution in [0.4, 0.5) is 0 Å². The molecule has 5 rings (SSSR count). The number of aryl methyl sites for hydroxylation is 2. The number of aromatic amines is 1. The molecule has 1 N–H and O–H groups in total. The third-order valence-corrected chi connectivity index (χ3v) is 6.48. The lowest BCUT2D eigenvalue weighted by molar-refractivity contribution is 0.220. The standard InChI is InChI=1S/C24H28N6O2/c1-16-12-18-14-20(24(31)25-21(18)13-17(16)2)22(29-9-5-3-4-6-10-29)23-26-27-28-30(23)15-19-8-7-11-32-19/h7-8,11-14,22H,3-6,9-10,15H2,1-2H3,(H,25,31). The minimum atomic E-state index is -0.326. The number of furan rings is 1. The highest BCUT2D eigenvalue weighted by atomic mass is 16.3. The molecule has 1 unspecified atom stereocenters. The highest BCUT2D eigenvalue weighted by Crippen LogP contribution is 2.29. The quantitative estimate of drug-likeness (QED) is 0.516. The lowest BCUT2D eigenvalue weighted by Gasteiger charge is -2.29. The molecule has 0 aliphatic carbocycles. The van der Waals surface area contributed by atoms with Crippen LogP contribution in [-0.4, -0.2) is 43.2 Å². The fraction of sp³-hybridized carbons (Fsp3) is 0.417. The van der Waals surface area contributed by atoms with Crippen molar-refractivity contribution in [3.05, 3.63) is 75.2 Å². The van der Waals surface area contributed by atoms with E-state index in [0.29, 0.717) is 17.9 Å². The van der Waals surface area contributed by atoms with Crippen molar-refractivity contribution in [2.75, 3.05) is 13.1 Å². The van der Waals surface area contributed by atoms with E-state index in [1.54, 1.807) is 10.9 Å². The first-order valence-electron chi connectivity index (χ1n) is 11.3. The molecule has 8 nitrogen and oxygen atoms in total. The summed E-state index contributed by atoms with van der Waals surface area (Å²) in [6, 6.07) is 9.62. The van der Waals surface area contributed by atoms with E-state index in [0.717, 1.165) is 48.2 Å². The first kappa shape index (κ1) is 20.6. The summed E-state index contributed by atoms with van der Waals surface area (Å²) in [4.78, 5) is 18.8. The molecule has 1 aromatic carbocycles. The van der Waals surface area contributed by atoms with Crippen LogP contribution in [-0.2, 0) is 6.54 Å². The molecule has 1 aliphatic rings. The van der Waals surface area contributed by atoms with Crippen molar-refractivity contribution in [2.24, 2.45) is 0 Å². The predicted octanol–water partition coefficient (Wildman–Crippen LogP) is 3.74. The molecule has 1 atom stereocenters. The molecule has 0 bridgehead atoms. The van der Waals surface area contributed by atoms with E-state index in [1.165, 1.54) is 18.4 Å². The summed E-state index contributed by atoms with van der Waals surface area (Å²) in [7, 11) is 0. The molecule has 1 saturated heterocycles. The van der Waals surface area contributed by atoms with E-state index in [2.05, 4.69) is 45.3 Å². The number of nitrogens with one attached hydrogen (secondary N) is 1. The molecule has 3 aromatic heterocycles. The molecule has 1 aliphatic heterocycles. The third kappa shape index (κ3) is 3.98. The summed E-state index contributed by atoms with van der Waals surface area (Å²) in [5.74, 6) is 1.43. The van der Waals surface area contributed by atoms with Crippen molar-refractivity contribution in [3.63, 3.8) is 0 Å². The predicted molar refractivity (Wildman–Crippen MR) is 122 cm³/mol. The summed E-state index contributed by atoms with van der Waals surface area (Å²) >= 11 is 0. The van der Waals surface area contributed by atoms with Gasteiger partial charge in [0.25, 0.3) is 5.56 Å². The van der Waals surface area contributed by atoms with Crippen molar-refractivity contribution in [1.29, 1.82) is 0 Å². The summed E-state index contributed by atoms with van der Waals surface area (Å²) < 4.78 is 7.27. The van der Waals surface area contributed by atoms with Gasteiger partial charge in [0, 0.05) is 11.1 Å². The molecular weight excluding hydrogens is 404 g/mol. The average Bonchev–Trinajstić information content (AvgIpc) is 3.37. The van der Waals surface area contributed by atoms with Gasteiger partial charge in [-0.3, -0.25) is 9.69 Å². The maximum Gasteiger partial charge on any atom is 0.253 e. The van der Waals surface area contributed by atoms with Gasteiger partial charge >= 0.3 is 0 Å². The highest BCUT2D eigenvalue weighted by Gasteiger charge is 2.31. The number of tetrazole rings is 1. The molecule has 0 spiro atoms. The largest absolute Gasteiger partial charge is 0.467 e. The van der Waals surface area contributed by atoms with Gasteiger partial charge in [0.15, 0.2) is 5.82 Å². The molecule has 32 heavy (non-hydrogen) atoms. The second-order valence-corrected chi connectivity index (χ2v) is 8.70. The van der Waals surface area contributed by atoms with Gasteiger partial charge in [-0.15, -0.1) is 5.10 Å². The zero-order valence-electron chi connectivity index (χ0n) is 18.5. The van der Waals surface area contributed by atoms with Gasteiger partial charge in [-0.05, 0) is 97.1 Å². The van der Waals surface area contributed by atoms with Crippen LogP contribution < -0.4 is 5.56 Å². The van der Waals surface area contributed by atoms with E-state index in [4.69, 9.17) is 4.42 Å². The fourth-order valence-corrected chi connectivity index (χ4v) is 4.62. The Morgan fingerprint density at radius 1 is 1.09 bits per heavy atom. The molecule has 0 radical (unpaired) electrons. The Bertz CT molecular complexity index is 1270. The lowest BCUT2D eigenvalue weighted by Crippen LogP contribution is -2.36. The van der Waals surface area contributed by atoms with Gasteiger partial charge in [-0.25, -0.2) is 4.68 Å². The highest BCUT2D eigenvalue weighted by molar-refractivity contribution is 5.81. The van der Waals surface area contributed by atoms with E-state index in [-0.39, 0.29) is 11.6 Å². The Morgan fingerprint density at radius 3 is 2.62 bits per heavy atom. The minimum absolute atomic E-state index is 0.0949. The molecule has 4 heterocycles. The van der Waals surface area contributed by atoms with E-state index in [1.807, 2.05) is 24.3 Å². The molecule has 0 saturated carbocycles. The van der Waals surface area contributed by atoms with Crippen LogP contribution in [0.15, 0.2) is 45.8 Å². The Hall–Kier alpha value is -3.26. The zero-order chi connectivity index (χ0) is 22.1. The van der Waals surface area contributed by atoms with Crippen molar-refractivity contribution < 1.29 is 4.42 Å². The lowest BCUT2D eigenvalue weighted by atomic mass is 10.0. The summed E-state index contributed by atoms with van der Waals surface area (Å²) in [6.45, 7) is 6.38. The first-order chi connectivity index (χ1) is 15.6. The number of likely N-dealkylation sites (tertiary alicyclic amines) is 1. The summed E-state index contributed by atoms with van der Waals surface area (Å²) in [5.41, 5.74) is 3.80. The van der Waals surface area contributed by atoms with Crippen LogP contribution in [0.1, 0.15) is 60.0 Å². The molecule has 0 amide bonds. The van der Waals surface area contributed by atoms with Gasteiger partial charge in [0.1, 0.15) is 18.3 Å². The molecule has 8 heteroatoms. The van der Waals surface area contributed by atoms with Crippen molar-refractivity contribution >= 4 is 10.9 Å². The average molecular weight is 433 g/mol. The molecule has 1 fully saturated rings. The number of H-pyrrole nitrogens is 1. The van der Waals surface area contributed by atoms with Crippen LogP contribution in [0.2, 0.25) is 0 Å². The van der Waals surface area contributed by atoms with Crippen LogP contribution >= 0.6 is 0 Å². The Balaban J connectivity index is 1.64. The number of hydrogen-bond acceptors (Lipinski definition) is 6. The summed E-state index contributed by atoms with van der Waals surface area (Å²) in [5, 5.41) is 13.6. The van der Waals surface area contributed by atoms with Crippen LogP contribution in [0.5, 0.6) is 0 Å². The SMILES string of the molecule is Cc1cc2cc(C(c3nnnn3Cc3ccco3)N3CCCCCC3)c(=O)[nH]c2cc1C. The van der Waals surface area contributed by atoms with Crippen molar-refractivity contribution in [2.45, 2.75) is 52.1 Å². The van der Waals surface area contributed by atoms with Crippen molar-refractivity contribution in [1.82, 2.24) is 30.1 Å². The normalized spacial score (nSPS) is 16.3. The van der Waals surface area contributed by atoms with Gasteiger partial charge in [-0.2, -0.15) is 0 Å². The first-order valence-corrected chi connectivity index (χ1v) is 11.3. The minimum Gasteiger partial charge on any atom is -0.467 e. The van der Waals surface area contributed by atoms with Gasteiger partial charge in [-0.1, -0.05) is 12.8 Å². The van der Waals surface area contributed by atoms with Crippen LogP contribution in [0, 0.1) is 13.8 Å². The van der Waals surface area contributed by atoms with Gasteiger partial charge in [0.2, 0.25) is 0 Å². The van der Waals surface area contributed by atoms with Crippen LogP contribution in [0.25, 0.3) is 10.9 Å². The third-order valence-electron chi connectivity index (χ3n) is 6.48. The van der Waals surface area contributed by atoms with Gasteiger partial charge < -0.3 is 9.40 Å². The number of hydrogen-bond donors (Lipinski definition) is 1. The number of fused-ring (bicyclic) bond motifs is 1. The number of nitrogens with zero attached hydrogens (tertiary/aromatic N) is 5. The van der Waals surface area contributed by atoms with Gasteiger partial charge in [0.05, 0.1) is 6.26 Å². The zero-order valence-corrected chi connectivity index (χ0v) is 18.5. The molecular formula is C24H28N6O2. The molecule has 4 aromatic rings. The Labute approximate surface area is 186 Å². The second-order valence-electron chi connectivity index (χ2n) is 8.70. The van der Waals surface area contributed by atoms with E-state index >= 15 is 0 Å². The van der Waals surface area contributed by atoms with E-state index < -0.39 is 0 Å². The number of benzene rings is 1. The maximum atomic E-state index is 13.3.